The van der Waals surface area contributed by atoms with Crippen LogP contribution in [0.25, 0.3) is 0 Å². The van der Waals surface area contributed by atoms with Crippen LogP contribution in [0.2, 0.25) is 0 Å². The minimum Gasteiger partial charge on any atom is -0.488 e. The number of anilines is 2. The molecule has 0 radical (unpaired) electrons. The molecule has 20 heteroatoms. The largest absolute Gasteiger partial charge is 0.488 e. The Kier molecular flexibility index (Phi) is 11.3. The molecule has 0 unspecified atom stereocenters. The first-order chi connectivity index (χ1) is 26.8. The lowest BCUT2D eigenvalue weighted by Gasteiger charge is -2.43. The lowest BCUT2D eigenvalue weighted by atomic mass is 10.1. The fourth-order valence-electron chi connectivity index (χ4n) is 6.53. The standard InChI is InChI=1S/C36H35F2N5O11S2/c37-23-2-6-25(7-3-23)52-29-18-40(19-29)42(55(48)49)33-11-1-22(13-31(33)35(44)45)15-39-16-28(17-39)54-27-10-12-34(32(14-27)36(46)47)43(56(50)51)41-20-30(21-41)53-26-8-4-24(38)5-9-26/h1-14,28-30,55-56H,15-21H2,(H,44,45)(H,46,47). The van der Waals surface area contributed by atoms with Gasteiger partial charge < -0.3 is 24.4 Å². The number of ether oxygens (including phenoxy) is 3. The Labute approximate surface area is 322 Å². The third-order valence-electron chi connectivity index (χ3n) is 9.29. The molecule has 56 heavy (non-hydrogen) atoms. The Bertz CT molecular complexity index is 2090. The smallest absolute Gasteiger partial charge is 0.338 e. The molecule has 2 N–H and O–H groups in total. The summed E-state index contributed by atoms with van der Waals surface area (Å²) in [7, 11) is -6.54. The molecular formula is C36H35F2N5O11S2. The topological polar surface area (TPSA) is 187 Å². The first kappa shape index (κ1) is 38.7. The zero-order valence-electron chi connectivity index (χ0n) is 29.2. The van der Waals surface area contributed by atoms with Gasteiger partial charge in [0.25, 0.3) is 0 Å². The van der Waals surface area contributed by atoms with Crippen LogP contribution in [0, 0.1) is 11.6 Å². The summed E-state index contributed by atoms with van der Waals surface area (Å²) < 4.78 is 95.0. The molecule has 0 saturated carbocycles. The van der Waals surface area contributed by atoms with Crippen molar-refractivity contribution in [1.82, 2.24) is 14.9 Å². The van der Waals surface area contributed by atoms with Gasteiger partial charge in [0.05, 0.1) is 48.7 Å². The molecule has 0 aromatic heterocycles. The number of thiol groups is 2. The lowest BCUT2D eigenvalue weighted by molar-refractivity contribution is 0.0143. The average Bonchev–Trinajstić information content (AvgIpc) is 3.10. The van der Waals surface area contributed by atoms with E-state index in [-0.39, 0.29) is 60.5 Å². The molecule has 3 heterocycles. The molecule has 0 aliphatic carbocycles. The quantitative estimate of drug-likeness (QED) is 0.121. The summed E-state index contributed by atoms with van der Waals surface area (Å²) in [5.41, 5.74) is -0.0336. The van der Waals surface area contributed by atoms with E-state index in [4.69, 9.17) is 14.2 Å². The van der Waals surface area contributed by atoms with Crippen molar-refractivity contribution in [1.29, 1.82) is 0 Å². The van der Waals surface area contributed by atoms with Crippen LogP contribution in [0.3, 0.4) is 0 Å². The van der Waals surface area contributed by atoms with Crippen LogP contribution in [0.1, 0.15) is 26.3 Å². The summed E-state index contributed by atoms with van der Waals surface area (Å²) in [4.78, 5) is 26.5. The van der Waals surface area contributed by atoms with Gasteiger partial charge in [-0.1, -0.05) is 6.07 Å². The van der Waals surface area contributed by atoms with E-state index in [0.717, 1.165) is 8.83 Å². The van der Waals surface area contributed by atoms with Crippen LogP contribution < -0.4 is 23.0 Å². The zero-order valence-corrected chi connectivity index (χ0v) is 31.0. The van der Waals surface area contributed by atoms with Crippen molar-refractivity contribution >= 4 is 45.1 Å². The molecule has 3 aliphatic rings. The molecule has 3 fully saturated rings. The van der Waals surface area contributed by atoms with Crippen LogP contribution in [-0.4, -0.2) is 111 Å². The first-order valence-electron chi connectivity index (χ1n) is 17.2. The Morgan fingerprint density at radius 1 is 0.589 bits per heavy atom. The monoisotopic (exact) mass is 815 g/mol. The molecule has 7 rings (SSSR count). The number of carboxylic acid groups (broad SMARTS) is 2. The summed E-state index contributed by atoms with van der Waals surface area (Å²) in [6.45, 7) is 1.69. The second-order valence-electron chi connectivity index (χ2n) is 13.3. The number of carboxylic acids is 2. The highest BCUT2D eigenvalue weighted by Gasteiger charge is 2.38. The molecule has 0 bridgehead atoms. The molecule has 4 aromatic rings. The first-order valence-corrected chi connectivity index (χ1v) is 19.4. The van der Waals surface area contributed by atoms with Gasteiger partial charge >= 0.3 is 11.9 Å². The van der Waals surface area contributed by atoms with E-state index >= 15 is 0 Å². The predicted octanol–water partition coefficient (Wildman–Crippen LogP) is 2.65. The van der Waals surface area contributed by atoms with Gasteiger partial charge in [-0.3, -0.25) is 4.90 Å². The molecule has 0 atom stereocenters. The summed E-state index contributed by atoms with van der Waals surface area (Å²) in [6.07, 6.45) is -1.16. The summed E-state index contributed by atoms with van der Waals surface area (Å²) in [6, 6.07) is 19.3. The van der Waals surface area contributed by atoms with E-state index in [1.807, 2.05) is 4.90 Å². The number of nitrogens with zero attached hydrogens (tertiary/aromatic N) is 5. The third kappa shape index (κ3) is 8.63. The number of benzene rings is 4. The SMILES string of the molecule is O=C(O)c1cc(CN2CC(Oc3ccc(N(N4CC(Oc5ccc(F)cc5)C4)[SH](=O)=O)c(C(=O)O)c3)C2)ccc1N(N1CC(Oc2ccc(F)cc2)C1)[SH](=O)=O. The van der Waals surface area contributed by atoms with Gasteiger partial charge in [0.1, 0.15) is 47.2 Å². The van der Waals surface area contributed by atoms with Crippen molar-refractivity contribution in [2.75, 3.05) is 48.1 Å². The van der Waals surface area contributed by atoms with Gasteiger partial charge in [-0.15, -0.1) is 0 Å². The Balaban J connectivity index is 0.945. The van der Waals surface area contributed by atoms with Crippen molar-refractivity contribution in [3.8, 4) is 17.2 Å². The lowest BCUT2D eigenvalue weighted by Crippen LogP contribution is -2.61. The number of hydrazine groups is 2. The fraction of sp³-hybridized carbons (Fsp3) is 0.278. The van der Waals surface area contributed by atoms with E-state index in [1.54, 1.807) is 6.07 Å². The van der Waals surface area contributed by atoms with Gasteiger partial charge in [0.2, 0.25) is 21.8 Å². The second kappa shape index (κ2) is 16.3. The van der Waals surface area contributed by atoms with E-state index in [9.17, 15) is 45.4 Å². The Hall–Kier alpha value is -5.54. The highest BCUT2D eigenvalue weighted by atomic mass is 32.2. The summed E-state index contributed by atoms with van der Waals surface area (Å²) >= 11 is 0. The minimum absolute atomic E-state index is 0.0348. The highest BCUT2D eigenvalue weighted by Crippen LogP contribution is 2.33. The normalized spacial score (nSPS) is 16.9. The summed E-state index contributed by atoms with van der Waals surface area (Å²) in [5, 5.41) is 22.8. The number of likely N-dealkylation sites (tertiary alicyclic amines) is 1. The van der Waals surface area contributed by atoms with E-state index < -0.39 is 57.6 Å². The fourth-order valence-corrected chi connectivity index (χ4v) is 7.93. The van der Waals surface area contributed by atoms with Crippen molar-refractivity contribution < 1.29 is 59.6 Å². The van der Waals surface area contributed by atoms with Crippen LogP contribution in [0.4, 0.5) is 20.2 Å². The number of carbonyl (C=O) groups is 2. The Morgan fingerprint density at radius 3 is 1.43 bits per heavy atom. The maximum Gasteiger partial charge on any atom is 0.338 e. The number of rotatable bonds is 16. The van der Waals surface area contributed by atoms with E-state index in [1.165, 1.54) is 88.9 Å². The Morgan fingerprint density at radius 2 is 0.982 bits per heavy atom. The molecule has 296 valence electrons. The van der Waals surface area contributed by atoms with Crippen molar-refractivity contribution in [3.05, 3.63) is 113 Å². The summed E-state index contributed by atoms with van der Waals surface area (Å²) in [5.74, 6) is -2.50. The average molecular weight is 816 g/mol. The number of aromatic carboxylic acids is 2. The second-order valence-corrected chi connectivity index (χ2v) is 15.0. The molecule has 0 spiro atoms. The van der Waals surface area contributed by atoms with Gasteiger partial charge in [-0.25, -0.2) is 44.0 Å². The van der Waals surface area contributed by atoms with Crippen LogP contribution in [0.15, 0.2) is 84.9 Å². The third-order valence-corrected chi connectivity index (χ3v) is 10.8. The van der Waals surface area contributed by atoms with Crippen LogP contribution in [0.5, 0.6) is 17.2 Å². The number of halogens is 2. The van der Waals surface area contributed by atoms with Crippen molar-refractivity contribution in [2.45, 2.75) is 24.9 Å². The van der Waals surface area contributed by atoms with E-state index in [0.29, 0.717) is 36.7 Å². The van der Waals surface area contributed by atoms with Gasteiger partial charge in [-0.05, 0) is 84.4 Å². The maximum atomic E-state index is 13.2. The van der Waals surface area contributed by atoms with Gasteiger partial charge in [0.15, 0.2) is 0 Å². The molecule has 4 aromatic carbocycles. The van der Waals surface area contributed by atoms with Gasteiger partial charge in [-0.2, -0.15) is 10.0 Å². The number of hydrogen-bond acceptors (Lipinski definition) is 12. The zero-order chi connectivity index (χ0) is 39.7. The minimum atomic E-state index is -3.28. The molecular weight excluding hydrogens is 781 g/mol. The molecule has 16 nitrogen and oxygen atoms in total. The van der Waals surface area contributed by atoms with Crippen LogP contribution in [-0.2, 0) is 28.3 Å². The highest BCUT2D eigenvalue weighted by molar-refractivity contribution is 7.74. The molecule has 3 saturated heterocycles. The van der Waals surface area contributed by atoms with Gasteiger partial charge in [0, 0.05) is 19.6 Å². The van der Waals surface area contributed by atoms with Crippen molar-refractivity contribution in [2.24, 2.45) is 0 Å². The molecule has 0 amide bonds. The number of hydrogen-bond donors (Lipinski definition) is 4. The molecule has 3 aliphatic heterocycles. The predicted molar refractivity (Wildman–Crippen MR) is 197 cm³/mol. The van der Waals surface area contributed by atoms with Crippen LogP contribution >= 0.6 is 0 Å². The van der Waals surface area contributed by atoms with Crippen molar-refractivity contribution in [3.63, 3.8) is 0 Å². The maximum absolute atomic E-state index is 13.2. The van der Waals surface area contributed by atoms with E-state index in [2.05, 4.69) is 0 Å².